The predicted octanol–water partition coefficient (Wildman–Crippen LogP) is 1.61. The second-order valence-electron chi connectivity index (χ2n) is 2.68. The van der Waals surface area contributed by atoms with Crippen LogP contribution in [0.5, 0.6) is 0 Å². The molecular weight excluding hydrogens is 271 g/mol. The summed E-state index contributed by atoms with van der Waals surface area (Å²) in [5.41, 5.74) is -2.70. The number of ether oxygens (including phenoxy) is 2. The zero-order chi connectivity index (χ0) is 11.9. The number of carbonyl (C=O) groups excluding carboxylic acids is 2. The predicted molar refractivity (Wildman–Crippen MR) is 55.5 cm³/mol. The van der Waals surface area contributed by atoms with E-state index in [0.29, 0.717) is 0 Å². The van der Waals surface area contributed by atoms with Crippen molar-refractivity contribution < 1.29 is 23.5 Å². The lowest BCUT2D eigenvalue weighted by Gasteiger charge is -2.19. The number of alkyl halides is 2. The van der Waals surface area contributed by atoms with Gasteiger partial charge in [0, 0.05) is 11.8 Å². The highest BCUT2D eigenvalue weighted by Gasteiger charge is 2.49. The van der Waals surface area contributed by atoms with E-state index >= 15 is 0 Å². The Balaban J connectivity index is 4.70. The van der Waals surface area contributed by atoms with Crippen molar-refractivity contribution >= 4 is 27.9 Å². The van der Waals surface area contributed by atoms with Crippen LogP contribution in [-0.4, -0.2) is 36.2 Å². The monoisotopic (exact) mass is 284 g/mol. The highest BCUT2D eigenvalue weighted by atomic mass is 79.9. The van der Waals surface area contributed by atoms with Gasteiger partial charge in [-0.2, -0.15) is 0 Å². The topological polar surface area (TPSA) is 52.6 Å². The summed E-state index contributed by atoms with van der Waals surface area (Å²) in [7, 11) is 0. The molecule has 0 saturated carbocycles. The molecule has 0 bridgehead atoms. The van der Waals surface area contributed by atoms with Gasteiger partial charge in [-0.05, 0) is 13.8 Å². The Hall–Kier alpha value is -0.650. The van der Waals surface area contributed by atoms with Crippen LogP contribution in [0.25, 0.3) is 0 Å². The minimum atomic E-state index is -2.70. The van der Waals surface area contributed by atoms with Crippen molar-refractivity contribution in [1.29, 1.82) is 0 Å². The number of esters is 2. The van der Waals surface area contributed by atoms with Crippen molar-refractivity contribution in [2.24, 2.45) is 0 Å². The fourth-order valence-corrected chi connectivity index (χ4v) is 1.45. The van der Waals surface area contributed by atoms with Crippen molar-refractivity contribution in [3.05, 3.63) is 0 Å². The summed E-state index contributed by atoms with van der Waals surface area (Å²) in [6.07, 6.45) is -0.301. The number of carbonyl (C=O) groups is 2. The lowest BCUT2D eigenvalue weighted by molar-refractivity contribution is -0.174. The van der Waals surface area contributed by atoms with Crippen LogP contribution >= 0.6 is 15.9 Å². The first-order chi connectivity index (χ1) is 7.02. The molecule has 0 unspecified atom stereocenters. The van der Waals surface area contributed by atoms with E-state index in [2.05, 4.69) is 25.4 Å². The third-order valence-corrected chi connectivity index (χ3v) is 2.03. The molecule has 88 valence electrons. The third kappa shape index (κ3) is 3.77. The van der Waals surface area contributed by atoms with Gasteiger partial charge in [-0.1, -0.05) is 15.9 Å². The van der Waals surface area contributed by atoms with Gasteiger partial charge in [0.15, 0.2) is 0 Å². The summed E-state index contributed by atoms with van der Waals surface area (Å²) in [6, 6.07) is 0. The molecule has 0 amide bonds. The Kier molecular flexibility index (Phi) is 6.47. The van der Waals surface area contributed by atoms with Crippen molar-refractivity contribution in [2.75, 3.05) is 18.5 Å². The molecule has 0 aliphatic rings. The van der Waals surface area contributed by atoms with Crippen molar-refractivity contribution in [2.45, 2.75) is 25.9 Å². The average Bonchev–Trinajstić information content (AvgIpc) is 2.18. The normalized spacial score (nSPS) is 10.9. The lowest BCUT2D eigenvalue weighted by Crippen LogP contribution is -2.45. The molecule has 6 heteroatoms. The molecule has 0 rings (SSSR count). The van der Waals surface area contributed by atoms with E-state index in [9.17, 15) is 14.0 Å². The molecule has 0 spiro atoms. The lowest BCUT2D eigenvalue weighted by atomic mass is 10.0. The van der Waals surface area contributed by atoms with Crippen molar-refractivity contribution in [1.82, 2.24) is 0 Å². The molecule has 0 N–H and O–H groups in total. The number of halogens is 2. The first kappa shape index (κ1) is 14.3. The zero-order valence-electron chi connectivity index (χ0n) is 8.72. The van der Waals surface area contributed by atoms with Gasteiger partial charge in [0.05, 0.1) is 13.2 Å². The summed E-state index contributed by atoms with van der Waals surface area (Å²) in [5, 5.41) is 0.168. The summed E-state index contributed by atoms with van der Waals surface area (Å²) >= 11 is 2.97. The fourth-order valence-electron chi connectivity index (χ4n) is 0.909. The molecule has 4 nitrogen and oxygen atoms in total. The Morgan fingerprint density at radius 2 is 1.60 bits per heavy atom. The van der Waals surface area contributed by atoms with Crippen LogP contribution in [0.3, 0.4) is 0 Å². The smallest absolute Gasteiger partial charge is 0.355 e. The second kappa shape index (κ2) is 6.76. The van der Waals surface area contributed by atoms with Crippen LogP contribution in [0.2, 0.25) is 0 Å². The summed E-state index contributed by atoms with van der Waals surface area (Å²) < 4.78 is 23.0. The Bertz CT molecular complexity index is 214. The summed E-state index contributed by atoms with van der Waals surface area (Å²) in [4.78, 5) is 22.5. The van der Waals surface area contributed by atoms with Gasteiger partial charge in [0.25, 0.3) is 0 Å². The van der Waals surface area contributed by atoms with E-state index in [1.54, 1.807) is 0 Å². The van der Waals surface area contributed by atoms with Crippen LogP contribution in [-0.2, 0) is 19.1 Å². The maximum atomic E-state index is 14.0. The van der Waals surface area contributed by atoms with Gasteiger partial charge in [0.1, 0.15) is 0 Å². The average molecular weight is 285 g/mol. The van der Waals surface area contributed by atoms with E-state index in [1.807, 2.05) is 0 Å². The Labute approximate surface area is 96.2 Å². The standard InChI is InChI=1S/C9H14BrFO4/c1-3-14-7(12)9(11,5-6-10)8(13)15-4-2/h3-6H2,1-2H3. The molecule has 0 aromatic heterocycles. The van der Waals surface area contributed by atoms with Gasteiger partial charge in [-0.3, -0.25) is 0 Å². The minimum Gasteiger partial charge on any atom is -0.463 e. The molecule has 0 atom stereocenters. The largest absolute Gasteiger partial charge is 0.463 e. The summed E-state index contributed by atoms with van der Waals surface area (Å²) in [5.74, 6) is -2.38. The molecule has 0 heterocycles. The maximum absolute atomic E-state index is 14.0. The van der Waals surface area contributed by atoms with Crippen LogP contribution in [0, 0.1) is 0 Å². The molecule has 0 aliphatic carbocycles. The molecule has 0 fully saturated rings. The zero-order valence-corrected chi connectivity index (χ0v) is 10.3. The van der Waals surface area contributed by atoms with E-state index in [-0.39, 0.29) is 25.0 Å². The van der Waals surface area contributed by atoms with Gasteiger partial charge >= 0.3 is 17.6 Å². The molecular formula is C9H14BrFO4. The maximum Gasteiger partial charge on any atom is 0.355 e. The highest BCUT2D eigenvalue weighted by Crippen LogP contribution is 2.22. The van der Waals surface area contributed by atoms with E-state index in [1.165, 1.54) is 13.8 Å². The SMILES string of the molecule is CCOC(=O)C(F)(CCBr)C(=O)OCC. The quantitative estimate of drug-likeness (QED) is 0.422. The third-order valence-electron chi connectivity index (χ3n) is 1.64. The molecule has 0 aliphatic heterocycles. The number of hydrogen-bond donors (Lipinski definition) is 0. The summed E-state index contributed by atoms with van der Waals surface area (Å²) in [6.45, 7) is 3.12. The number of hydrogen-bond acceptors (Lipinski definition) is 4. The van der Waals surface area contributed by atoms with Crippen molar-refractivity contribution in [3.8, 4) is 0 Å². The van der Waals surface area contributed by atoms with Crippen LogP contribution < -0.4 is 0 Å². The number of rotatable bonds is 6. The van der Waals surface area contributed by atoms with Crippen LogP contribution in [0.1, 0.15) is 20.3 Å². The molecule has 0 aromatic carbocycles. The highest BCUT2D eigenvalue weighted by molar-refractivity contribution is 9.09. The second-order valence-corrected chi connectivity index (χ2v) is 3.47. The fraction of sp³-hybridized carbons (Fsp3) is 0.778. The molecule has 0 radical (unpaired) electrons. The first-order valence-corrected chi connectivity index (χ1v) is 5.74. The molecule has 0 aromatic rings. The van der Waals surface area contributed by atoms with Gasteiger partial charge in [0.2, 0.25) is 0 Å². The van der Waals surface area contributed by atoms with E-state index < -0.39 is 17.6 Å². The minimum absolute atomic E-state index is 0.0200. The Morgan fingerprint density at radius 1 is 1.20 bits per heavy atom. The van der Waals surface area contributed by atoms with E-state index in [0.717, 1.165) is 0 Å². The van der Waals surface area contributed by atoms with Gasteiger partial charge < -0.3 is 9.47 Å². The first-order valence-electron chi connectivity index (χ1n) is 4.62. The van der Waals surface area contributed by atoms with Crippen LogP contribution in [0.15, 0.2) is 0 Å². The van der Waals surface area contributed by atoms with Gasteiger partial charge in [-0.25, -0.2) is 14.0 Å². The molecule has 15 heavy (non-hydrogen) atoms. The molecule has 0 saturated heterocycles. The van der Waals surface area contributed by atoms with E-state index in [4.69, 9.17) is 0 Å². The Morgan fingerprint density at radius 3 is 1.87 bits per heavy atom. The van der Waals surface area contributed by atoms with Crippen molar-refractivity contribution in [3.63, 3.8) is 0 Å². The van der Waals surface area contributed by atoms with Crippen LogP contribution in [0.4, 0.5) is 4.39 Å². The van der Waals surface area contributed by atoms with Gasteiger partial charge in [-0.15, -0.1) is 0 Å².